The van der Waals surface area contributed by atoms with Crippen LogP contribution in [-0.4, -0.2) is 21.0 Å². The van der Waals surface area contributed by atoms with E-state index >= 15 is 0 Å². The topological polar surface area (TPSA) is 42.7 Å². The van der Waals surface area contributed by atoms with Crippen molar-refractivity contribution in [3.8, 4) is 5.69 Å². The molecule has 1 saturated carbocycles. The number of nitrogens with one attached hydrogen (secondary N) is 1. The molecule has 21 heavy (non-hydrogen) atoms. The van der Waals surface area contributed by atoms with Crippen molar-refractivity contribution >= 4 is 0 Å². The summed E-state index contributed by atoms with van der Waals surface area (Å²) in [7, 11) is 0. The quantitative estimate of drug-likeness (QED) is 0.935. The van der Waals surface area contributed by atoms with Crippen molar-refractivity contribution in [2.45, 2.75) is 57.5 Å². The average Bonchev–Trinajstić information content (AvgIpc) is 2.96. The van der Waals surface area contributed by atoms with Crippen molar-refractivity contribution in [3.05, 3.63) is 42.2 Å². The van der Waals surface area contributed by atoms with E-state index in [0.29, 0.717) is 6.04 Å². The molecule has 1 heterocycles. The van der Waals surface area contributed by atoms with Gasteiger partial charge in [-0.2, -0.15) is 15.0 Å². The van der Waals surface area contributed by atoms with E-state index in [1.54, 1.807) is 4.80 Å². The zero-order chi connectivity index (χ0) is 14.3. The third kappa shape index (κ3) is 4.14. The maximum atomic E-state index is 4.55. The fourth-order valence-corrected chi connectivity index (χ4v) is 2.97. The highest BCUT2D eigenvalue weighted by atomic mass is 15.5. The summed E-state index contributed by atoms with van der Waals surface area (Å²) in [4.78, 5) is 1.70. The molecule has 1 aromatic heterocycles. The van der Waals surface area contributed by atoms with Gasteiger partial charge in [0.25, 0.3) is 0 Å². The molecule has 0 unspecified atom stereocenters. The summed E-state index contributed by atoms with van der Waals surface area (Å²) in [5.41, 5.74) is 2.02. The van der Waals surface area contributed by atoms with Gasteiger partial charge in [0, 0.05) is 12.6 Å². The maximum absolute atomic E-state index is 4.55. The number of nitrogens with zero attached hydrogens (tertiary/aromatic N) is 3. The van der Waals surface area contributed by atoms with Crippen LogP contribution in [0.15, 0.2) is 36.5 Å². The van der Waals surface area contributed by atoms with Gasteiger partial charge in [-0.1, -0.05) is 50.3 Å². The number of hydrogen-bond donors (Lipinski definition) is 1. The normalized spacial score (nSPS) is 17.3. The second kappa shape index (κ2) is 7.36. The second-order valence-electron chi connectivity index (χ2n) is 5.88. The Hall–Kier alpha value is -1.68. The molecule has 0 bridgehead atoms. The van der Waals surface area contributed by atoms with Gasteiger partial charge in [0.1, 0.15) is 0 Å². The molecule has 1 aliphatic carbocycles. The van der Waals surface area contributed by atoms with Gasteiger partial charge in [0.05, 0.1) is 17.6 Å². The maximum Gasteiger partial charge on any atom is 0.0969 e. The van der Waals surface area contributed by atoms with Crippen LogP contribution >= 0.6 is 0 Å². The van der Waals surface area contributed by atoms with E-state index in [1.165, 1.54) is 44.9 Å². The second-order valence-corrected chi connectivity index (χ2v) is 5.88. The molecule has 4 heteroatoms. The molecule has 0 atom stereocenters. The summed E-state index contributed by atoms with van der Waals surface area (Å²) in [5, 5.41) is 12.6. The molecule has 3 rings (SSSR count). The standard InChI is InChI=1S/C17H24N4/c1-2-5-9-15(10-6-3-1)18-13-16-14-19-21(20-16)17-11-7-4-8-12-17/h4,7-8,11-12,14-15,18H,1-3,5-6,9-10,13H2. The molecule has 1 aliphatic rings. The largest absolute Gasteiger partial charge is 0.308 e. The Bertz CT molecular complexity index is 527. The highest BCUT2D eigenvalue weighted by molar-refractivity contribution is 5.28. The van der Waals surface area contributed by atoms with Crippen LogP contribution in [0.2, 0.25) is 0 Å². The molecule has 0 aliphatic heterocycles. The minimum absolute atomic E-state index is 0.646. The minimum atomic E-state index is 0.646. The lowest BCUT2D eigenvalue weighted by Gasteiger charge is -2.20. The van der Waals surface area contributed by atoms with Gasteiger partial charge in [-0.15, -0.1) is 0 Å². The highest BCUT2D eigenvalue weighted by Crippen LogP contribution is 2.17. The molecule has 1 aromatic carbocycles. The Labute approximate surface area is 126 Å². The van der Waals surface area contributed by atoms with Crippen LogP contribution in [0, 0.1) is 0 Å². The van der Waals surface area contributed by atoms with Gasteiger partial charge < -0.3 is 5.32 Å². The number of hydrogen-bond acceptors (Lipinski definition) is 3. The summed E-state index contributed by atoms with van der Waals surface area (Å²) in [6, 6.07) is 10.7. The van der Waals surface area contributed by atoms with Crippen molar-refractivity contribution in [2.24, 2.45) is 0 Å². The lowest BCUT2D eigenvalue weighted by molar-refractivity contribution is 0.387. The monoisotopic (exact) mass is 284 g/mol. The zero-order valence-electron chi connectivity index (χ0n) is 12.5. The van der Waals surface area contributed by atoms with E-state index in [1.807, 2.05) is 36.5 Å². The molecule has 0 amide bonds. The highest BCUT2D eigenvalue weighted by Gasteiger charge is 2.11. The molecular weight excluding hydrogens is 260 g/mol. The molecule has 4 nitrogen and oxygen atoms in total. The fourth-order valence-electron chi connectivity index (χ4n) is 2.97. The van der Waals surface area contributed by atoms with E-state index in [-0.39, 0.29) is 0 Å². The Balaban J connectivity index is 1.54. The van der Waals surface area contributed by atoms with Crippen molar-refractivity contribution in [1.82, 2.24) is 20.3 Å². The van der Waals surface area contributed by atoms with Crippen LogP contribution in [0.5, 0.6) is 0 Å². The van der Waals surface area contributed by atoms with E-state index in [0.717, 1.165) is 17.9 Å². The Morgan fingerprint density at radius 2 is 1.71 bits per heavy atom. The Morgan fingerprint density at radius 3 is 2.48 bits per heavy atom. The number of rotatable bonds is 4. The first kappa shape index (κ1) is 14.3. The van der Waals surface area contributed by atoms with Crippen LogP contribution < -0.4 is 5.32 Å². The van der Waals surface area contributed by atoms with E-state index in [9.17, 15) is 0 Å². The Kier molecular flexibility index (Phi) is 5.00. The summed E-state index contributed by atoms with van der Waals surface area (Å²) in [6.07, 6.45) is 11.4. The van der Waals surface area contributed by atoms with Gasteiger partial charge in [-0.05, 0) is 25.0 Å². The van der Waals surface area contributed by atoms with E-state index < -0.39 is 0 Å². The van der Waals surface area contributed by atoms with Crippen molar-refractivity contribution in [2.75, 3.05) is 0 Å². The van der Waals surface area contributed by atoms with Crippen molar-refractivity contribution in [1.29, 1.82) is 0 Å². The molecule has 1 N–H and O–H groups in total. The van der Waals surface area contributed by atoms with Crippen LogP contribution in [0.25, 0.3) is 5.69 Å². The van der Waals surface area contributed by atoms with Crippen LogP contribution in [-0.2, 0) is 6.54 Å². The first-order chi connectivity index (χ1) is 10.4. The number of benzene rings is 1. The van der Waals surface area contributed by atoms with Crippen molar-refractivity contribution < 1.29 is 0 Å². The predicted octanol–water partition coefficient (Wildman–Crippen LogP) is 3.47. The smallest absolute Gasteiger partial charge is 0.0969 e. The molecule has 112 valence electrons. The van der Waals surface area contributed by atoms with E-state index in [4.69, 9.17) is 0 Å². The van der Waals surface area contributed by atoms with Gasteiger partial charge >= 0.3 is 0 Å². The van der Waals surface area contributed by atoms with Gasteiger partial charge in [-0.3, -0.25) is 0 Å². The molecular formula is C17H24N4. The van der Waals surface area contributed by atoms with Gasteiger partial charge in [-0.25, -0.2) is 0 Å². The zero-order valence-corrected chi connectivity index (χ0v) is 12.5. The number of para-hydroxylation sites is 1. The first-order valence-corrected chi connectivity index (χ1v) is 8.12. The lowest BCUT2D eigenvalue weighted by atomic mass is 9.97. The SMILES string of the molecule is c1ccc(-n2ncc(CNC3CCCCCCC3)n2)cc1. The van der Waals surface area contributed by atoms with Gasteiger partial charge in [0.15, 0.2) is 0 Å². The summed E-state index contributed by atoms with van der Waals surface area (Å²) in [6.45, 7) is 0.817. The lowest BCUT2D eigenvalue weighted by Crippen LogP contribution is -2.29. The van der Waals surface area contributed by atoms with Crippen molar-refractivity contribution in [3.63, 3.8) is 0 Å². The predicted molar refractivity (Wildman–Crippen MR) is 84.3 cm³/mol. The molecule has 1 fully saturated rings. The third-order valence-electron chi connectivity index (χ3n) is 4.20. The summed E-state index contributed by atoms with van der Waals surface area (Å²) < 4.78 is 0. The van der Waals surface area contributed by atoms with E-state index in [2.05, 4.69) is 15.5 Å². The summed E-state index contributed by atoms with van der Waals surface area (Å²) >= 11 is 0. The third-order valence-corrected chi connectivity index (χ3v) is 4.20. The molecule has 0 spiro atoms. The first-order valence-electron chi connectivity index (χ1n) is 8.12. The summed E-state index contributed by atoms with van der Waals surface area (Å²) in [5.74, 6) is 0. The molecule has 2 aromatic rings. The van der Waals surface area contributed by atoms with Gasteiger partial charge in [0.2, 0.25) is 0 Å². The average molecular weight is 284 g/mol. The Morgan fingerprint density at radius 1 is 1.00 bits per heavy atom. The minimum Gasteiger partial charge on any atom is -0.308 e. The molecule has 0 radical (unpaired) electrons. The van der Waals surface area contributed by atoms with Crippen LogP contribution in [0.4, 0.5) is 0 Å². The molecule has 0 saturated heterocycles. The fraction of sp³-hybridized carbons (Fsp3) is 0.529. The number of aromatic nitrogens is 3. The van der Waals surface area contributed by atoms with Crippen LogP contribution in [0.3, 0.4) is 0 Å². The van der Waals surface area contributed by atoms with Crippen LogP contribution in [0.1, 0.15) is 50.6 Å².